The Labute approximate surface area is 216 Å². The van der Waals surface area contributed by atoms with Gasteiger partial charge in [-0.3, -0.25) is 9.78 Å². The lowest BCUT2D eigenvalue weighted by Crippen LogP contribution is -2.45. The Bertz CT molecular complexity index is 1270. The molecule has 0 spiro atoms. The Hall–Kier alpha value is -2.75. The van der Waals surface area contributed by atoms with Crippen molar-refractivity contribution in [1.82, 2.24) is 9.88 Å². The predicted octanol–water partition coefficient (Wildman–Crippen LogP) is 5.99. The number of hydrogen-bond acceptors (Lipinski definition) is 5. The van der Waals surface area contributed by atoms with Crippen LogP contribution in [0.4, 0.5) is 18.9 Å². The van der Waals surface area contributed by atoms with Gasteiger partial charge in [-0.05, 0) is 42.5 Å². The van der Waals surface area contributed by atoms with Crippen molar-refractivity contribution >= 4 is 45.9 Å². The molecular weight excluding hydrogens is 511 g/mol. The van der Waals surface area contributed by atoms with Crippen molar-refractivity contribution in [2.45, 2.75) is 30.5 Å². The van der Waals surface area contributed by atoms with Crippen LogP contribution in [0.15, 0.2) is 72.4 Å². The monoisotopic (exact) mass is 535 g/mol. The minimum atomic E-state index is -4.62. The van der Waals surface area contributed by atoms with Crippen molar-refractivity contribution < 1.29 is 23.1 Å². The summed E-state index contributed by atoms with van der Waals surface area (Å²) in [5.74, 6) is -0.637. The molecule has 36 heavy (non-hydrogen) atoms. The zero-order valence-corrected chi connectivity index (χ0v) is 21.0. The predicted molar refractivity (Wildman–Crippen MR) is 138 cm³/mol. The summed E-state index contributed by atoms with van der Waals surface area (Å²) in [5, 5.41) is 14.3. The fraction of sp³-hybridized carbons (Fsp3) is 0.308. The first-order chi connectivity index (χ1) is 17.1. The SMILES string of the molecule is CCSC(C1=CC(O)(c2ccccc2)N(CCCNc2ccnc3cc(Cl)ccc23)C1=O)C(F)(F)F. The van der Waals surface area contributed by atoms with Gasteiger partial charge in [-0.1, -0.05) is 48.9 Å². The smallest absolute Gasteiger partial charge is 0.384 e. The highest BCUT2D eigenvalue weighted by molar-refractivity contribution is 8.00. The molecule has 2 aromatic carbocycles. The van der Waals surface area contributed by atoms with Crippen LogP contribution in [0.5, 0.6) is 0 Å². The Morgan fingerprint density at radius 3 is 2.64 bits per heavy atom. The van der Waals surface area contributed by atoms with Gasteiger partial charge in [0.05, 0.1) is 5.52 Å². The van der Waals surface area contributed by atoms with E-state index in [0.717, 1.165) is 27.6 Å². The van der Waals surface area contributed by atoms with Gasteiger partial charge in [0.15, 0.2) is 5.72 Å². The Kier molecular flexibility index (Phi) is 7.82. The number of aliphatic hydroxyl groups is 1. The summed E-state index contributed by atoms with van der Waals surface area (Å²) in [5.41, 5.74) is -0.531. The first-order valence-corrected chi connectivity index (χ1v) is 12.9. The molecule has 1 amide bonds. The number of carbonyl (C=O) groups is 1. The fourth-order valence-electron chi connectivity index (χ4n) is 4.31. The van der Waals surface area contributed by atoms with Gasteiger partial charge < -0.3 is 15.3 Å². The molecule has 2 N–H and O–H groups in total. The standard InChI is InChI=1S/C26H25ClF3N3O2S/c1-2-36-23(26(28,29)30)20-16-25(35,17-7-4-3-5-8-17)33(24(20)34)14-6-12-31-21-11-13-32-22-15-18(27)9-10-19(21)22/h3-5,7-11,13,15-16,23,35H,2,6,12,14H2,1H3,(H,31,32). The van der Waals surface area contributed by atoms with Gasteiger partial charge in [-0.25, -0.2) is 0 Å². The lowest BCUT2D eigenvalue weighted by molar-refractivity contribution is -0.147. The number of anilines is 1. The molecule has 5 nitrogen and oxygen atoms in total. The van der Waals surface area contributed by atoms with E-state index in [9.17, 15) is 23.1 Å². The number of thioether (sulfide) groups is 1. The third-order valence-electron chi connectivity index (χ3n) is 5.95. The van der Waals surface area contributed by atoms with Gasteiger partial charge in [0.1, 0.15) is 5.25 Å². The molecule has 4 rings (SSSR count). The number of halogens is 4. The molecule has 2 atom stereocenters. The van der Waals surface area contributed by atoms with Crippen LogP contribution in [0.25, 0.3) is 10.9 Å². The summed E-state index contributed by atoms with van der Waals surface area (Å²) in [4.78, 5) is 18.7. The summed E-state index contributed by atoms with van der Waals surface area (Å²) < 4.78 is 41.5. The minimum absolute atomic E-state index is 0.0490. The zero-order valence-electron chi connectivity index (χ0n) is 19.4. The van der Waals surface area contributed by atoms with Gasteiger partial charge >= 0.3 is 6.18 Å². The van der Waals surface area contributed by atoms with Crippen molar-refractivity contribution in [3.8, 4) is 0 Å². The maximum Gasteiger partial charge on any atom is 0.404 e. The van der Waals surface area contributed by atoms with Crippen molar-refractivity contribution in [2.24, 2.45) is 0 Å². The van der Waals surface area contributed by atoms with Crippen LogP contribution in [-0.4, -0.2) is 51.2 Å². The molecule has 0 bridgehead atoms. The highest BCUT2D eigenvalue weighted by Gasteiger charge is 2.52. The highest BCUT2D eigenvalue weighted by atomic mass is 35.5. The Morgan fingerprint density at radius 2 is 1.94 bits per heavy atom. The van der Waals surface area contributed by atoms with Crippen molar-refractivity contribution in [1.29, 1.82) is 0 Å². The van der Waals surface area contributed by atoms with E-state index in [2.05, 4.69) is 10.3 Å². The second-order valence-electron chi connectivity index (χ2n) is 8.33. The molecule has 2 unspecified atom stereocenters. The number of nitrogens with zero attached hydrogens (tertiary/aromatic N) is 2. The van der Waals surface area contributed by atoms with E-state index in [1.54, 1.807) is 55.6 Å². The lowest BCUT2D eigenvalue weighted by atomic mass is 10.0. The van der Waals surface area contributed by atoms with Gasteiger partial charge in [-0.2, -0.15) is 13.2 Å². The van der Waals surface area contributed by atoms with Gasteiger partial charge in [0, 0.05) is 46.5 Å². The maximum atomic E-state index is 13.8. The van der Waals surface area contributed by atoms with Crippen LogP contribution in [0.1, 0.15) is 18.9 Å². The molecule has 0 saturated carbocycles. The number of alkyl halides is 3. The molecule has 1 aliphatic heterocycles. The highest BCUT2D eigenvalue weighted by Crippen LogP contribution is 2.43. The molecule has 3 aromatic rings. The summed E-state index contributed by atoms with van der Waals surface area (Å²) >= 11 is 6.68. The molecular formula is C26H25ClF3N3O2S. The van der Waals surface area contributed by atoms with Gasteiger partial charge in [0.2, 0.25) is 0 Å². The Balaban J connectivity index is 1.54. The van der Waals surface area contributed by atoms with Crippen LogP contribution in [0, 0.1) is 0 Å². The van der Waals surface area contributed by atoms with Gasteiger partial charge in [-0.15, -0.1) is 11.8 Å². The largest absolute Gasteiger partial charge is 0.404 e. The van der Waals surface area contributed by atoms with E-state index >= 15 is 0 Å². The van der Waals surface area contributed by atoms with Crippen LogP contribution < -0.4 is 5.32 Å². The normalized spacial score (nSPS) is 19.0. The number of nitrogens with one attached hydrogen (secondary N) is 1. The average Bonchev–Trinajstić information content (AvgIpc) is 3.10. The number of amides is 1. The van der Waals surface area contributed by atoms with Crippen molar-refractivity contribution in [3.63, 3.8) is 0 Å². The summed E-state index contributed by atoms with van der Waals surface area (Å²) in [7, 11) is 0. The number of hydrogen-bond donors (Lipinski definition) is 2. The molecule has 10 heteroatoms. The third-order valence-corrected chi connectivity index (χ3v) is 7.37. The number of fused-ring (bicyclic) bond motifs is 1. The summed E-state index contributed by atoms with van der Waals surface area (Å²) in [6, 6.07) is 15.5. The zero-order chi connectivity index (χ0) is 25.9. The minimum Gasteiger partial charge on any atom is -0.384 e. The Morgan fingerprint density at radius 1 is 1.19 bits per heavy atom. The molecule has 190 valence electrons. The van der Waals surface area contributed by atoms with Crippen LogP contribution in [0.2, 0.25) is 5.02 Å². The lowest BCUT2D eigenvalue weighted by Gasteiger charge is -2.33. The van der Waals surface area contributed by atoms with Crippen molar-refractivity contribution in [3.05, 3.63) is 83.0 Å². The fourth-order valence-corrected chi connectivity index (χ4v) is 5.35. The first-order valence-electron chi connectivity index (χ1n) is 11.4. The average molecular weight is 536 g/mol. The molecule has 2 heterocycles. The number of rotatable bonds is 9. The van der Waals surface area contributed by atoms with Crippen LogP contribution in [0.3, 0.4) is 0 Å². The van der Waals surface area contributed by atoms with E-state index in [-0.39, 0.29) is 12.3 Å². The summed E-state index contributed by atoms with van der Waals surface area (Å²) in [6.45, 7) is 2.07. The topological polar surface area (TPSA) is 65.5 Å². The number of pyridine rings is 1. The van der Waals surface area contributed by atoms with E-state index in [1.807, 2.05) is 12.1 Å². The quantitative estimate of drug-likeness (QED) is 0.330. The second kappa shape index (κ2) is 10.7. The third kappa shape index (κ3) is 5.33. The van der Waals surface area contributed by atoms with Crippen LogP contribution >= 0.6 is 23.4 Å². The molecule has 1 aliphatic rings. The molecule has 1 aromatic heterocycles. The second-order valence-corrected chi connectivity index (χ2v) is 10.1. The van der Waals surface area contributed by atoms with E-state index in [1.165, 1.54) is 0 Å². The molecule has 0 saturated heterocycles. The maximum absolute atomic E-state index is 13.8. The molecule has 0 fully saturated rings. The number of aromatic nitrogens is 1. The van der Waals surface area contributed by atoms with E-state index in [4.69, 9.17) is 11.6 Å². The number of carbonyl (C=O) groups excluding carboxylic acids is 1. The van der Waals surface area contributed by atoms with Gasteiger partial charge in [0.25, 0.3) is 5.91 Å². The first kappa shape index (κ1) is 26.3. The van der Waals surface area contributed by atoms with E-state index in [0.29, 0.717) is 35.3 Å². The number of benzene rings is 2. The summed E-state index contributed by atoms with van der Waals surface area (Å²) in [6.07, 6.45) is -1.52. The molecule has 0 aliphatic carbocycles. The van der Waals surface area contributed by atoms with Crippen molar-refractivity contribution in [2.75, 3.05) is 24.2 Å². The van der Waals surface area contributed by atoms with Crippen LogP contribution in [-0.2, 0) is 10.5 Å². The van der Waals surface area contributed by atoms with E-state index < -0.39 is 28.6 Å². The molecule has 0 radical (unpaired) electrons.